The van der Waals surface area contributed by atoms with Crippen LogP contribution in [0.5, 0.6) is 11.5 Å². The van der Waals surface area contributed by atoms with Crippen LogP contribution in [-0.2, 0) is 22.6 Å². The fourth-order valence-electron chi connectivity index (χ4n) is 7.35. The number of fused-ring (bicyclic) bond motifs is 4. The Morgan fingerprint density at radius 2 is 1.85 bits per heavy atom. The summed E-state index contributed by atoms with van der Waals surface area (Å²) >= 11 is 0. The maximum atomic E-state index is 14.2. The summed E-state index contributed by atoms with van der Waals surface area (Å²) in [5, 5.41) is 35.2. The number of likely N-dealkylation sites (tertiary alicyclic amines) is 1. The van der Waals surface area contributed by atoms with E-state index in [0.717, 1.165) is 31.6 Å². The molecule has 2 aromatic rings. The average Bonchev–Trinajstić information content (AvgIpc) is 2.87. The summed E-state index contributed by atoms with van der Waals surface area (Å²) in [7, 11) is 3.41. The second-order valence-corrected chi connectivity index (χ2v) is 11.8. The van der Waals surface area contributed by atoms with Gasteiger partial charge in [-0.1, -0.05) is 12.1 Å². The summed E-state index contributed by atoms with van der Waals surface area (Å²) in [6.45, 7) is 4.98. The number of nitrogens with zero attached hydrogens (tertiary/aromatic N) is 2. The van der Waals surface area contributed by atoms with Crippen molar-refractivity contribution in [1.29, 1.82) is 0 Å². The monoisotopic (exact) mass is 561 g/mol. The number of hydrogen-bond donors (Lipinski definition) is 4. The van der Waals surface area contributed by atoms with E-state index in [1.165, 1.54) is 0 Å². The van der Waals surface area contributed by atoms with Crippen molar-refractivity contribution in [1.82, 2.24) is 9.80 Å². The third kappa shape index (κ3) is 4.03. The predicted molar refractivity (Wildman–Crippen MR) is 151 cm³/mol. The summed E-state index contributed by atoms with van der Waals surface area (Å²) < 4.78 is 6.11. The first-order valence-corrected chi connectivity index (χ1v) is 14.1. The van der Waals surface area contributed by atoms with Crippen LogP contribution in [0.3, 0.4) is 0 Å². The Bertz CT molecular complexity index is 1570. The molecule has 10 nitrogen and oxygen atoms in total. The first kappa shape index (κ1) is 27.3. The van der Waals surface area contributed by atoms with Gasteiger partial charge in [-0.2, -0.15) is 0 Å². The molecule has 4 aliphatic rings. The van der Waals surface area contributed by atoms with E-state index in [2.05, 4.69) is 4.90 Å². The van der Waals surface area contributed by atoms with Crippen molar-refractivity contribution in [2.24, 2.45) is 23.5 Å². The Balaban J connectivity index is 1.52. The average molecular weight is 562 g/mol. The van der Waals surface area contributed by atoms with Gasteiger partial charge in [0.1, 0.15) is 28.6 Å². The Kier molecular flexibility index (Phi) is 6.58. The summed E-state index contributed by atoms with van der Waals surface area (Å²) in [5.41, 5.74) is 6.61. The lowest BCUT2D eigenvalue weighted by Gasteiger charge is -2.46. The van der Waals surface area contributed by atoms with Gasteiger partial charge in [-0.3, -0.25) is 24.2 Å². The molecule has 0 spiro atoms. The number of carbonyl (C=O) groups is 3. The van der Waals surface area contributed by atoms with E-state index in [9.17, 15) is 29.7 Å². The number of nitrogens with two attached hydrogens (primary N) is 1. The molecule has 1 saturated heterocycles. The third-order valence-corrected chi connectivity index (χ3v) is 9.20. The van der Waals surface area contributed by atoms with Gasteiger partial charge < -0.3 is 25.8 Å². The number of ketones is 2. The van der Waals surface area contributed by atoms with Gasteiger partial charge in [0.15, 0.2) is 11.6 Å². The molecule has 3 aliphatic carbocycles. The molecule has 0 radical (unpaired) electrons. The number of allylic oxidation sites excluding steroid dienone is 2. The lowest BCUT2D eigenvalue weighted by molar-refractivity contribution is -0.127. The van der Waals surface area contributed by atoms with Crippen molar-refractivity contribution in [2.75, 3.05) is 33.8 Å². The molecule has 0 aromatic heterocycles. The highest BCUT2D eigenvalue weighted by molar-refractivity contribution is 6.22. The fraction of sp³-hybridized carbons (Fsp3) is 0.452. The number of phenols is 1. The number of carbonyl (C=O) groups excluding carboxylic acids is 3. The topological polar surface area (TPSA) is 154 Å². The summed E-state index contributed by atoms with van der Waals surface area (Å²) in [6.07, 6.45) is 1.74. The number of aromatic hydroxyl groups is 1. The van der Waals surface area contributed by atoms with Crippen molar-refractivity contribution < 1.29 is 34.4 Å². The number of aliphatic hydroxyl groups excluding tert-OH is 2. The molecule has 1 amide bonds. The molecular weight excluding hydrogens is 526 g/mol. The molecule has 2 aromatic carbocycles. The molecule has 1 fully saturated rings. The van der Waals surface area contributed by atoms with Crippen LogP contribution < -0.4 is 10.5 Å². The third-order valence-electron chi connectivity index (χ3n) is 9.20. The molecular formula is C31H35N3O7. The molecule has 216 valence electrons. The first-order chi connectivity index (χ1) is 19.5. The minimum Gasteiger partial charge on any atom is -0.511 e. The molecule has 3 unspecified atom stereocenters. The SMILES string of the molecule is CCOc1c2c(c(O)c3cc(CN4CCC4)ccc13)C(=O)C1=C(O)C3C(=O)C(C(N)=O)=C(O)[C@@H](N(C)C)C3CC1C2. The maximum absolute atomic E-state index is 14.2. The Morgan fingerprint density at radius 3 is 2.46 bits per heavy atom. The van der Waals surface area contributed by atoms with E-state index >= 15 is 0 Å². The molecule has 0 bridgehead atoms. The Morgan fingerprint density at radius 1 is 1.12 bits per heavy atom. The van der Waals surface area contributed by atoms with E-state index in [0.29, 0.717) is 41.5 Å². The van der Waals surface area contributed by atoms with E-state index in [1.807, 2.05) is 25.1 Å². The number of primary amides is 1. The summed E-state index contributed by atoms with van der Waals surface area (Å²) in [4.78, 5) is 43.7. The highest BCUT2D eigenvalue weighted by Crippen LogP contribution is 2.53. The van der Waals surface area contributed by atoms with Crippen LogP contribution in [0, 0.1) is 17.8 Å². The zero-order valence-electron chi connectivity index (χ0n) is 23.4. The van der Waals surface area contributed by atoms with Crippen LogP contribution in [0.25, 0.3) is 10.8 Å². The van der Waals surface area contributed by atoms with Crippen LogP contribution in [0.2, 0.25) is 0 Å². The Labute approximate surface area is 237 Å². The second kappa shape index (κ2) is 9.88. The number of hydrogen-bond acceptors (Lipinski definition) is 9. The minimum atomic E-state index is -1.21. The maximum Gasteiger partial charge on any atom is 0.255 e. The van der Waals surface area contributed by atoms with E-state index < -0.39 is 58.4 Å². The number of ether oxygens (including phenoxy) is 1. The molecule has 4 atom stereocenters. The van der Waals surface area contributed by atoms with Crippen LogP contribution in [-0.4, -0.2) is 82.4 Å². The lowest BCUT2D eigenvalue weighted by atomic mass is 9.60. The lowest BCUT2D eigenvalue weighted by Crippen LogP contribution is -2.53. The molecule has 41 heavy (non-hydrogen) atoms. The predicted octanol–water partition coefficient (Wildman–Crippen LogP) is 2.76. The van der Waals surface area contributed by atoms with Gasteiger partial charge in [0.25, 0.3) is 5.91 Å². The number of phenolic OH excluding ortho intramolecular Hbond substituents is 1. The minimum absolute atomic E-state index is 0.0589. The van der Waals surface area contributed by atoms with Gasteiger partial charge >= 0.3 is 0 Å². The quantitative estimate of drug-likeness (QED) is 0.390. The fourth-order valence-corrected chi connectivity index (χ4v) is 7.35. The largest absolute Gasteiger partial charge is 0.511 e. The zero-order valence-corrected chi connectivity index (χ0v) is 23.4. The highest BCUT2D eigenvalue weighted by atomic mass is 16.5. The summed E-state index contributed by atoms with van der Waals surface area (Å²) in [6, 6.07) is 5.06. The van der Waals surface area contributed by atoms with Crippen LogP contribution in [0.15, 0.2) is 40.9 Å². The Hall–Kier alpha value is -3.89. The van der Waals surface area contributed by atoms with Gasteiger partial charge in [0, 0.05) is 28.5 Å². The molecule has 0 saturated carbocycles. The van der Waals surface area contributed by atoms with Crippen molar-refractivity contribution in [3.63, 3.8) is 0 Å². The zero-order chi connectivity index (χ0) is 29.3. The van der Waals surface area contributed by atoms with Crippen molar-refractivity contribution in [3.8, 4) is 11.5 Å². The second-order valence-electron chi connectivity index (χ2n) is 11.8. The molecule has 6 rings (SSSR count). The van der Waals surface area contributed by atoms with Crippen LogP contribution in [0.4, 0.5) is 0 Å². The molecule has 1 aliphatic heterocycles. The summed E-state index contributed by atoms with van der Waals surface area (Å²) in [5.74, 6) is -5.23. The van der Waals surface area contributed by atoms with E-state index in [4.69, 9.17) is 10.5 Å². The van der Waals surface area contributed by atoms with Gasteiger partial charge in [0.2, 0.25) is 0 Å². The van der Waals surface area contributed by atoms with Crippen molar-refractivity contribution >= 4 is 28.2 Å². The standard InChI is InChI=1S/C31H35N3O7/c1-4-41-30-16-7-6-14(13-34-8-5-9-34)10-17(16)25(35)22-19(30)12-15-11-18-21(26(36)20(15)27(22)37)28(38)23(31(32)40)29(39)24(18)33(2)3/h6-7,10,15,18,21,24,35-36,39H,4-5,8-9,11-13H2,1-3H3,(H2,32,40)/t15?,18?,21?,24-/m0/s1. The van der Waals surface area contributed by atoms with Crippen LogP contribution in [0.1, 0.15) is 41.3 Å². The van der Waals surface area contributed by atoms with Gasteiger partial charge in [-0.05, 0) is 76.8 Å². The highest BCUT2D eigenvalue weighted by Gasteiger charge is 2.54. The molecule has 5 N–H and O–H groups in total. The van der Waals surface area contributed by atoms with E-state index in [-0.39, 0.29) is 16.9 Å². The number of amides is 1. The number of aliphatic hydroxyl groups is 2. The molecule has 1 heterocycles. The first-order valence-electron chi connectivity index (χ1n) is 14.1. The molecule has 10 heteroatoms. The normalized spacial score (nSPS) is 26.1. The van der Waals surface area contributed by atoms with Gasteiger partial charge in [-0.15, -0.1) is 0 Å². The number of benzene rings is 2. The van der Waals surface area contributed by atoms with Crippen molar-refractivity contribution in [3.05, 3.63) is 57.6 Å². The number of rotatable bonds is 6. The van der Waals surface area contributed by atoms with Gasteiger partial charge in [-0.25, -0.2) is 0 Å². The van der Waals surface area contributed by atoms with E-state index in [1.54, 1.807) is 19.0 Å². The van der Waals surface area contributed by atoms with Crippen LogP contribution >= 0.6 is 0 Å². The smallest absolute Gasteiger partial charge is 0.255 e. The van der Waals surface area contributed by atoms with Gasteiger partial charge in [0.05, 0.1) is 24.1 Å². The number of likely N-dealkylation sites (N-methyl/N-ethyl adjacent to an activating group) is 1. The van der Waals surface area contributed by atoms with Crippen molar-refractivity contribution in [2.45, 2.75) is 38.8 Å². The number of Topliss-reactive ketones (excluding diaryl/α,β-unsaturated/α-hetero) is 2.